The molecule has 1 amide bonds. The minimum atomic E-state index is -0.546. The van der Waals surface area contributed by atoms with Crippen LogP contribution in [0.3, 0.4) is 0 Å². The summed E-state index contributed by atoms with van der Waals surface area (Å²) < 4.78 is 18.7. The minimum absolute atomic E-state index is 0.0558. The zero-order valence-corrected chi connectivity index (χ0v) is 23.7. The number of carbonyl (C=O) groups is 1. The van der Waals surface area contributed by atoms with Gasteiger partial charge in [0.05, 0.1) is 18.1 Å². The van der Waals surface area contributed by atoms with Crippen LogP contribution in [-0.2, 0) is 25.4 Å². The van der Waals surface area contributed by atoms with Gasteiger partial charge in [0.2, 0.25) is 11.9 Å². The van der Waals surface area contributed by atoms with Crippen molar-refractivity contribution in [2.45, 2.75) is 6.54 Å². The van der Waals surface area contributed by atoms with E-state index in [1.165, 1.54) is 29.8 Å². The first kappa shape index (κ1) is 27.1. The van der Waals surface area contributed by atoms with E-state index in [0.29, 0.717) is 55.5 Å². The fourth-order valence-electron chi connectivity index (χ4n) is 4.68. The van der Waals surface area contributed by atoms with Crippen LogP contribution < -0.4 is 21.5 Å². The largest absolute Gasteiger partial charge is 0.340 e. The van der Waals surface area contributed by atoms with Gasteiger partial charge in [-0.15, -0.1) is 0 Å². The molecule has 3 heterocycles. The summed E-state index contributed by atoms with van der Waals surface area (Å²) in [6, 6.07) is 11.9. The first-order valence-electron chi connectivity index (χ1n) is 12.3. The Balaban J connectivity index is 1.37. The van der Waals surface area contributed by atoms with E-state index in [-0.39, 0.29) is 17.5 Å². The standard InChI is InChI=1S/C26H26BrClFN7O3/c1-32-23-22(24(38)33(2)26(32)39)36(14-16-3-5-17(27)6-4-16)25(31-23)35-11-9-34(10-12-35)15-21(37)30-18-7-8-20(29)19(28)13-18/h3-8,13H,9-12,14-15H2,1-2H3,(H,30,37). The lowest BCUT2D eigenvalue weighted by atomic mass is 10.2. The lowest BCUT2D eigenvalue weighted by molar-refractivity contribution is -0.117. The average molecular weight is 619 g/mol. The van der Waals surface area contributed by atoms with Gasteiger partial charge in [0.1, 0.15) is 5.82 Å². The van der Waals surface area contributed by atoms with Gasteiger partial charge < -0.3 is 10.2 Å². The number of benzene rings is 2. The van der Waals surface area contributed by atoms with Gasteiger partial charge in [-0.2, -0.15) is 4.98 Å². The van der Waals surface area contributed by atoms with Crippen LogP contribution in [0.4, 0.5) is 16.0 Å². The summed E-state index contributed by atoms with van der Waals surface area (Å²) in [5.74, 6) is -0.182. The van der Waals surface area contributed by atoms with E-state index in [2.05, 4.69) is 26.1 Å². The fraction of sp³-hybridized carbons (Fsp3) is 0.308. The molecular formula is C26H26BrClFN7O3. The van der Waals surface area contributed by atoms with Crippen molar-refractivity contribution in [3.8, 4) is 0 Å². The Labute approximate surface area is 236 Å². The number of hydrogen-bond acceptors (Lipinski definition) is 6. The van der Waals surface area contributed by atoms with Crippen molar-refractivity contribution >= 4 is 56.2 Å². The summed E-state index contributed by atoms with van der Waals surface area (Å²) in [7, 11) is 3.07. The summed E-state index contributed by atoms with van der Waals surface area (Å²) in [4.78, 5) is 47.2. The van der Waals surface area contributed by atoms with Crippen molar-refractivity contribution < 1.29 is 9.18 Å². The molecule has 13 heteroatoms. The van der Waals surface area contributed by atoms with Gasteiger partial charge >= 0.3 is 5.69 Å². The Bertz CT molecular complexity index is 1670. The molecule has 1 aliphatic rings. The molecule has 10 nitrogen and oxygen atoms in total. The topological polar surface area (TPSA) is 97.4 Å². The van der Waals surface area contributed by atoms with E-state index in [4.69, 9.17) is 16.6 Å². The average Bonchev–Trinajstić information content (AvgIpc) is 3.29. The van der Waals surface area contributed by atoms with Gasteiger partial charge in [-0.3, -0.25) is 28.2 Å². The van der Waals surface area contributed by atoms with Crippen LogP contribution in [-0.4, -0.2) is 62.2 Å². The zero-order chi connectivity index (χ0) is 27.8. The van der Waals surface area contributed by atoms with Crippen LogP contribution in [0.5, 0.6) is 0 Å². The van der Waals surface area contributed by atoms with Crippen molar-refractivity contribution in [1.29, 1.82) is 0 Å². The summed E-state index contributed by atoms with van der Waals surface area (Å²) in [5, 5.41) is 2.69. The molecule has 0 saturated carbocycles. The first-order chi connectivity index (χ1) is 18.6. The number of nitrogens with one attached hydrogen (secondary N) is 1. The molecule has 0 aliphatic carbocycles. The van der Waals surface area contributed by atoms with Gasteiger partial charge in [0.15, 0.2) is 11.2 Å². The number of carbonyl (C=O) groups excluding carboxylic acids is 1. The van der Waals surface area contributed by atoms with Gasteiger partial charge in [0, 0.05) is 50.4 Å². The molecule has 204 valence electrons. The minimum Gasteiger partial charge on any atom is -0.340 e. The first-order valence-corrected chi connectivity index (χ1v) is 13.4. The second kappa shape index (κ2) is 10.9. The van der Waals surface area contributed by atoms with E-state index in [9.17, 15) is 18.8 Å². The van der Waals surface area contributed by atoms with Crippen molar-refractivity contribution in [1.82, 2.24) is 23.6 Å². The number of amides is 1. The van der Waals surface area contributed by atoms with E-state index < -0.39 is 17.1 Å². The molecule has 2 aromatic heterocycles. The molecule has 39 heavy (non-hydrogen) atoms. The lowest BCUT2D eigenvalue weighted by Crippen LogP contribution is -2.49. The third-order valence-electron chi connectivity index (χ3n) is 6.81. The van der Waals surface area contributed by atoms with Gasteiger partial charge in [-0.25, -0.2) is 9.18 Å². The Morgan fingerprint density at radius 1 is 1.05 bits per heavy atom. The quantitative estimate of drug-likeness (QED) is 0.357. The maximum Gasteiger partial charge on any atom is 0.332 e. The summed E-state index contributed by atoms with van der Waals surface area (Å²) in [6.07, 6.45) is 0. The highest BCUT2D eigenvalue weighted by atomic mass is 79.9. The van der Waals surface area contributed by atoms with E-state index in [1.54, 1.807) is 7.05 Å². The SMILES string of the molecule is Cn1c(=O)c2c(nc(N3CCN(CC(=O)Nc4ccc(F)c(Cl)c4)CC3)n2Cc2ccc(Br)cc2)n(C)c1=O. The van der Waals surface area contributed by atoms with Crippen LogP contribution in [0.15, 0.2) is 56.5 Å². The van der Waals surface area contributed by atoms with Crippen LogP contribution >= 0.6 is 27.5 Å². The number of fused-ring (bicyclic) bond motifs is 1. The van der Waals surface area contributed by atoms with Crippen molar-refractivity contribution in [2.24, 2.45) is 14.1 Å². The third-order valence-corrected chi connectivity index (χ3v) is 7.63. The number of piperazine rings is 1. The Kier molecular flexibility index (Phi) is 7.61. The lowest BCUT2D eigenvalue weighted by Gasteiger charge is -2.35. The molecule has 0 atom stereocenters. The number of aromatic nitrogens is 4. The van der Waals surface area contributed by atoms with Gasteiger partial charge in [-0.05, 0) is 35.9 Å². The molecule has 0 spiro atoms. The summed E-state index contributed by atoms with van der Waals surface area (Å²) in [5.41, 5.74) is 1.25. The second-order valence-electron chi connectivity index (χ2n) is 9.44. The van der Waals surface area contributed by atoms with Crippen LogP contribution in [0, 0.1) is 5.82 Å². The Morgan fingerprint density at radius 3 is 2.41 bits per heavy atom. The van der Waals surface area contributed by atoms with E-state index in [1.807, 2.05) is 33.7 Å². The van der Waals surface area contributed by atoms with Crippen molar-refractivity contribution in [3.63, 3.8) is 0 Å². The molecule has 5 rings (SSSR count). The molecule has 1 aliphatic heterocycles. The fourth-order valence-corrected chi connectivity index (χ4v) is 5.13. The smallest absolute Gasteiger partial charge is 0.332 e. The van der Waals surface area contributed by atoms with Crippen molar-refractivity contribution in [3.05, 3.63) is 84.2 Å². The number of aryl methyl sites for hydroxylation is 1. The summed E-state index contributed by atoms with van der Waals surface area (Å²) in [6.45, 7) is 2.84. The predicted molar refractivity (Wildman–Crippen MR) is 152 cm³/mol. The molecule has 1 N–H and O–H groups in total. The van der Waals surface area contributed by atoms with Crippen LogP contribution in [0.2, 0.25) is 5.02 Å². The van der Waals surface area contributed by atoms with Crippen molar-refractivity contribution in [2.75, 3.05) is 42.9 Å². The second-order valence-corrected chi connectivity index (χ2v) is 10.8. The maximum absolute atomic E-state index is 13.4. The number of anilines is 2. The maximum atomic E-state index is 13.4. The van der Waals surface area contributed by atoms with E-state index >= 15 is 0 Å². The van der Waals surface area contributed by atoms with Gasteiger partial charge in [0.25, 0.3) is 5.56 Å². The zero-order valence-electron chi connectivity index (χ0n) is 21.3. The molecule has 0 unspecified atom stereocenters. The Morgan fingerprint density at radius 2 is 1.74 bits per heavy atom. The number of imidazole rings is 1. The number of rotatable bonds is 6. The molecule has 0 radical (unpaired) electrons. The third kappa shape index (κ3) is 5.49. The highest BCUT2D eigenvalue weighted by molar-refractivity contribution is 9.10. The number of hydrogen-bond donors (Lipinski definition) is 1. The molecule has 2 aromatic carbocycles. The normalized spacial score (nSPS) is 14.2. The van der Waals surface area contributed by atoms with Crippen LogP contribution in [0.25, 0.3) is 11.2 Å². The highest BCUT2D eigenvalue weighted by Gasteiger charge is 2.26. The predicted octanol–water partition coefficient (Wildman–Crippen LogP) is 2.80. The highest BCUT2D eigenvalue weighted by Crippen LogP contribution is 2.24. The van der Waals surface area contributed by atoms with E-state index in [0.717, 1.165) is 14.6 Å². The molecule has 4 aromatic rings. The monoisotopic (exact) mass is 617 g/mol. The molecule has 1 fully saturated rings. The molecule has 1 saturated heterocycles. The number of nitrogens with zero attached hydrogens (tertiary/aromatic N) is 6. The van der Waals surface area contributed by atoms with Crippen LogP contribution in [0.1, 0.15) is 5.56 Å². The van der Waals surface area contributed by atoms with Gasteiger partial charge in [-0.1, -0.05) is 39.7 Å². The number of halogens is 3. The molecule has 0 bridgehead atoms. The molecular weight excluding hydrogens is 593 g/mol. The Hall–Kier alpha value is -3.48. The summed E-state index contributed by atoms with van der Waals surface area (Å²) >= 11 is 9.26.